The summed E-state index contributed by atoms with van der Waals surface area (Å²) in [5, 5.41) is 9.20. The van der Waals surface area contributed by atoms with Crippen molar-refractivity contribution in [3.63, 3.8) is 0 Å². The number of amides is 3. The molecule has 4 aliphatic rings. The van der Waals surface area contributed by atoms with E-state index < -0.39 is 27.4 Å². The third-order valence-corrected chi connectivity index (χ3v) is 10.9. The highest BCUT2D eigenvalue weighted by Crippen LogP contribution is 2.65. The van der Waals surface area contributed by atoms with Gasteiger partial charge in [-0.25, -0.2) is 0 Å². The van der Waals surface area contributed by atoms with E-state index in [1.807, 2.05) is 47.9 Å². The Kier molecular flexibility index (Phi) is 8.22. The fraction of sp³-hybridized carbons (Fsp3) is 0.594. The van der Waals surface area contributed by atoms with Crippen molar-refractivity contribution >= 4 is 35.2 Å². The van der Waals surface area contributed by atoms with Crippen LogP contribution < -0.4 is 4.90 Å². The number of likely N-dealkylation sites (tertiary alicyclic amines) is 1. The highest BCUT2D eigenvalue weighted by atomic mass is 32.2. The van der Waals surface area contributed by atoms with Gasteiger partial charge in [0.2, 0.25) is 11.8 Å². The van der Waals surface area contributed by atoms with Crippen molar-refractivity contribution in [3.8, 4) is 0 Å². The smallest absolute Gasteiger partial charge is 0.251 e. The zero-order chi connectivity index (χ0) is 28.7. The quantitative estimate of drug-likeness (QED) is 0.358. The lowest BCUT2D eigenvalue weighted by molar-refractivity contribution is -0.143. The predicted molar refractivity (Wildman–Crippen MR) is 160 cm³/mol. The van der Waals surface area contributed by atoms with Crippen LogP contribution in [0.3, 0.4) is 0 Å². The van der Waals surface area contributed by atoms with E-state index in [1.54, 1.807) is 16.7 Å². The third kappa shape index (κ3) is 4.61. The summed E-state index contributed by atoms with van der Waals surface area (Å²) in [4.78, 5) is 48.9. The molecule has 0 saturated carbocycles. The Morgan fingerprint density at radius 3 is 2.30 bits per heavy atom. The zero-order valence-corrected chi connectivity index (χ0v) is 25.1. The standard InChI is InChI=1S/C32H43N3O4S/c1-5-17-33-18-11-15-31(4)24(28(33)37)25-29(38)35(19-8-6-7-9-21-36)27-30(39)34(20-12-16-32(25,27)40-31)26-22(2)13-10-14-23(26)3/h10-16,24-25,27,36H,5-9,17-21H2,1-4H3/t24-,25-,27?,31+,32-/m0/s1. The summed E-state index contributed by atoms with van der Waals surface area (Å²) in [7, 11) is 0. The van der Waals surface area contributed by atoms with E-state index in [9.17, 15) is 19.5 Å². The number of nitrogens with zero attached hydrogens (tertiary/aromatic N) is 3. The van der Waals surface area contributed by atoms with Gasteiger partial charge in [-0.1, -0.05) is 62.3 Å². The van der Waals surface area contributed by atoms with E-state index >= 15 is 0 Å². The summed E-state index contributed by atoms with van der Waals surface area (Å²) >= 11 is 1.65. The van der Waals surface area contributed by atoms with Crippen molar-refractivity contribution in [3.05, 3.63) is 53.6 Å². The molecule has 4 heterocycles. The number of unbranched alkanes of at least 4 members (excludes halogenated alkanes) is 3. The van der Waals surface area contributed by atoms with E-state index in [2.05, 4.69) is 32.1 Å². The van der Waals surface area contributed by atoms with Crippen LogP contribution in [0.4, 0.5) is 5.69 Å². The Morgan fingerprint density at radius 2 is 1.60 bits per heavy atom. The second kappa shape index (κ2) is 11.4. The molecule has 7 nitrogen and oxygen atoms in total. The minimum absolute atomic E-state index is 0.0253. The van der Waals surface area contributed by atoms with Gasteiger partial charge in [0, 0.05) is 43.2 Å². The highest BCUT2D eigenvalue weighted by molar-refractivity contribution is 8.02. The number of rotatable bonds is 9. The Hall–Kier alpha value is -2.58. The number of hydrogen-bond acceptors (Lipinski definition) is 5. The van der Waals surface area contributed by atoms with E-state index in [-0.39, 0.29) is 24.3 Å². The molecule has 1 N–H and O–H groups in total. The molecule has 0 radical (unpaired) electrons. The number of carbonyl (C=O) groups is 3. The van der Waals surface area contributed by atoms with Gasteiger partial charge in [-0.3, -0.25) is 14.4 Å². The lowest BCUT2D eigenvalue weighted by Crippen LogP contribution is -2.53. The average molecular weight is 566 g/mol. The SMILES string of the molecule is CCCN1CC=C[C@@]2(C)S[C@]34C=CCN(c5c(C)cccc5C)C(=O)C3N(CCCCCCO)C(=O)[C@@H]4[C@H]2C1=O. The molecular formula is C32H43N3O4S. The maximum Gasteiger partial charge on any atom is 0.251 e. The molecule has 216 valence electrons. The number of aliphatic hydroxyl groups excluding tert-OH is 1. The fourth-order valence-electron chi connectivity index (χ4n) is 7.46. The van der Waals surface area contributed by atoms with Gasteiger partial charge in [-0.2, -0.15) is 0 Å². The molecule has 1 aromatic rings. The molecule has 5 atom stereocenters. The second-order valence-electron chi connectivity index (χ2n) is 11.9. The average Bonchev–Trinajstić information content (AvgIpc) is 3.18. The Labute approximate surface area is 242 Å². The van der Waals surface area contributed by atoms with Crippen molar-refractivity contribution < 1.29 is 19.5 Å². The first-order valence-corrected chi connectivity index (χ1v) is 15.6. The van der Waals surface area contributed by atoms with Crippen molar-refractivity contribution in [2.45, 2.75) is 75.3 Å². The number of benzene rings is 1. The normalized spacial score (nSPS) is 31.4. The number of thioether (sulfide) groups is 1. The minimum Gasteiger partial charge on any atom is -0.396 e. The molecule has 1 aromatic carbocycles. The van der Waals surface area contributed by atoms with Gasteiger partial charge >= 0.3 is 0 Å². The lowest BCUT2D eigenvalue weighted by atomic mass is 9.74. The van der Waals surface area contributed by atoms with E-state index in [0.717, 1.165) is 48.9 Å². The topological polar surface area (TPSA) is 81.2 Å². The van der Waals surface area contributed by atoms with E-state index in [4.69, 9.17) is 0 Å². The molecule has 0 aromatic heterocycles. The van der Waals surface area contributed by atoms with Gasteiger partial charge in [0.1, 0.15) is 6.04 Å². The summed E-state index contributed by atoms with van der Waals surface area (Å²) in [6, 6.07) is 5.37. The molecule has 5 rings (SSSR count). The number of para-hydroxylation sites is 1. The van der Waals surface area contributed by atoms with Crippen LogP contribution in [0.1, 0.15) is 57.1 Å². The number of aryl methyl sites for hydroxylation is 2. The molecule has 8 heteroatoms. The highest BCUT2D eigenvalue weighted by Gasteiger charge is 2.73. The number of carbonyl (C=O) groups excluding carboxylic acids is 3. The molecule has 1 spiro atoms. The number of hydrogen-bond donors (Lipinski definition) is 1. The summed E-state index contributed by atoms with van der Waals surface area (Å²) in [6.07, 6.45) is 12.4. The largest absolute Gasteiger partial charge is 0.396 e. The summed E-state index contributed by atoms with van der Waals surface area (Å²) < 4.78 is -1.40. The van der Waals surface area contributed by atoms with Gasteiger partial charge in [0.15, 0.2) is 0 Å². The molecule has 0 bridgehead atoms. The monoisotopic (exact) mass is 565 g/mol. The van der Waals surface area contributed by atoms with Crippen LogP contribution in [0, 0.1) is 25.7 Å². The second-order valence-corrected chi connectivity index (χ2v) is 13.7. The van der Waals surface area contributed by atoms with Crippen molar-refractivity contribution in [2.75, 3.05) is 37.7 Å². The number of fused-ring (bicyclic) bond motifs is 2. The van der Waals surface area contributed by atoms with Crippen LogP contribution in [-0.2, 0) is 14.4 Å². The maximum absolute atomic E-state index is 14.7. The van der Waals surface area contributed by atoms with Crippen LogP contribution >= 0.6 is 11.8 Å². The maximum atomic E-state index is 14.7. The Balaban J connectivity index is 1.59. The van der Waals surface area contributed by atoms with Crippen LogP contribution in [0.2, 0.25) is 0 Å². The first-order chi connectivity index (χ1) is 19.2. The Morgan fingerprint density at radius 1 is 0.900 bits per heavy atom. The van der Waals surface area contributed by atoms with Crippen molar-refractivity contribution in [1.29, 1.82) is 0 Å². The van der Waals surface area contributed by atoms with Crippen LogP contribution in [0.15, 0.2) is 42.5 Å². The van der Waals surface area contributed by atoms with Gasteiger partial charge in [-0.05, 0) is 51.2 Å². The molecule has 4 aliphatic heterocycles. The van der Waals surface area contributed by atoms with Crippen molar-refractivity contribution in [1.82, 2.24) is 9.80 Å². The fourth-order valence-corrected chi connectivity index (χ4v) is 9.62. The van der Waals surface area contributed by atoms with E-state index in [1.165, 1.54) is 0 Å². The summed E-state index contributed by atoms with van der Waals surface area (Å²) in [6.45, 7) is 10.5. The third-order valence-electron chi connectivity index (χ3n) is 9.15. The van der Waals surface area contributed by atoms with Gasteiger partial charge in [-0.15, -0.1) is 11.8 Å². The zero-order valence-electron chi connectivity index (χ0n) is 24.3. The van der Waals surface area contributed by atoms with Gasteiger partial charge in [0.25, 0.3) is 5.91 Å². The molecule has 40 heavy (non-hydrogen) atoms. The summed E-state index contributed by atoms with van der Waals surface area (Å²) in [5.41, 5.74) is 2.96. The van der Waals surface area contributed by atoms with Gasteiger partial charge < -0.3 is 19.8 Å². The molecule has 0 aliphatic carbocycles. The number of aliphatic hydroxyl groups is 1. The lowest BCUT2D eigenvalue weighted by Gasteiger charge is -2.37. The molecular weight excluding hydrogens is 522 g/mol. The van der Waals surface area contributed by atoms with Crippen LogP contribution in [-0.4, -0.2) is 80.9 Å². The number of anilines is 1. The van der Waals surface area contributed by atoms with Crippen LogP contribution in [0.5, 0.6) is 0 Å². The van der Waals surface area contributed by atoms with Gasteiger partial charge in [0.05, 0.1) is 16.6 Å². The van der Waals surface area contributed by atoms with Crippen molar-refractivity contribution in [2.24, 2.45) is 11.8 Å². The first kappa shape index (κ1) is 28.9. The first-order valence-electron chi connectivity index (χ1n) is 14.8. The molecule has 3 amide bonds. The summed E-state index contributed by atoms with van der Waals surface area (Å²) in [5.74, 6) is -1.24. The van der Waals surface area contributed by atoms with Crippen LogP contribution in [0.25, 0.3) is 0 Å². The van der Waals surface area contributed by atoms with E-state index in [0.29, 0.717) is 26.2 Å². The molecule has 2 fully saturated rings. The Bertz CT molecular complexity index is 1210. The minimum atomic E-state index is -0.820. The molecule has 1 unspecified atom stereocenters. The predicted octanol–water partition coefficient (Wildman–Crippen LogP) is 4.25. The molecule has 2 saturated heterocycles.